The Labute approximate surface area is 159 Å². The maximum Gasteiger partial charge on any atom is 0.242 e. The maximum atomic E-state index is 12.2. The molecule has 140 valence electrons. The van der Waals surface area contributed by atoms with Crippen molar-refractivity contribution in [2.75, 3.05) is 18.5 Å². The van der Waals surface area contributed by atoms with Gasteiger partial charge in [0.2, 0.25) is 5.91 Å². The third-order valence-electron chi connectivity index (χ3n) is 4.40. The maximum absolute atomic E-state index is 12.2. The SMILES string of the molecule is CCC(C)C(N)C(=O)Nc1cccc(-c2ccc3c(c2)OCCO3)n1.Cl. The Morgan fingerprint density at radius 3 is 2.69 bits per heavy atom. The van der Waals surface area contributed by atoms with E-state index in [0.717, 1.165) is 23.4 Å². The Balaban J connectivity index is 0.00000243. The number of nitrogens with one attached hydrogen (secondary N) is 1. The molecule has 0 aliphatic carbocycles. The number of fused-ring (bicyclic) bond motifs is 1. The number of rotatable bonds is 5. The molecule has 0 fully saturated rings. The fourth-order valence-electron chi connectivity index (χ4n) is 2.59. The zero-order valence-corrected chi connectivity index (χ0v) is 15.7. The van der Waals surface area contributed by atoms with Crippen molar-refractivity contribution in [1.82, 2.24) is 4.98 Å². The van der Waals surface area contributed by atoms with Crippen molar-refractivity contribution in [1.29, 1.82) is 0 Å². The molecular formula is C19H24ClN3O3. The zero-order valence-electron chi connectivity index (χ0n) is 14.9. The molecule has 2 heterocycles. The second-order valence-electron chi connectivity index (χ2n) is 6.17. The number of halogens is 1. The molecule has 0 bridgehead atoms. The van der Waals surface area contributed by atoms with Crippen LogP contribution in [0.4, 0.5) is 5.82 Å². The normalized spacial score (nSPS) is 14.7. The first-order valence-electron chi connectivity index (χ1n) is 8.52. The van der Waals surface area contributed by atoms with Crippen LogP contribution in [0.3, 0.4) is 0 Å². The van der Waals surface area contributed by atoms with Crippen LogP contribution >= 0.6 is 12.4 Å². The number of anilines is 1. The number of hydrogen-bond donors (Lipinski definition) is 2. The number of aromatic nitrogens is 1. The van der Waals surface area contributed by atoms with Gasteiger partial charge in [-0.3, -0.25) is 4.79 Å². The van der Waals surface area contributed by atoms with Crippen LogP contribution in [0.2, 0.25) is 0 Å². The first kappa shape index (κ1) is 20.0. The number of hydrogen-bond acceptors (Lipinski definition) is 5. The van der Waals surface area contributed by atoms with E-state index in [2.05, 4.69) is 10.3 Å². The molecule has 2 atom stereocenters. The van der Waals surface area contributed by atoms with Crippen LogP contribution in [0, 0.1) is 5.92 Å². The Morgan fingerprint density at radius 2 is 1.96 bits per heavy atom. The van der Waals surface area contributed by atoms with Gasteiger partial charge in [-0.15, -0.1) is 12.4 Å². The van der Waals surface area contributed by atoms with E-state index in [4.69, 9.17) is 15.2 Å². The van der Waals surface area contributed by atoms with E-state index >= 15 is 0 Å². The van der Waals surface area contributed by atoms with Crippen LogP contribution in [0.15, 0.2) is 36.4 Å². The smallest absolute Gasteiger partial charge is 0.242 e. The monoisotopic (exact) mass is 377 g/mol. The molecule has 1 amide bonds. The molecule has 6 nitrogen and oxygen atoms in total. The second kappa shape index (κ2) is 8.87. The highest BCUT2D eigenvalue weighted by Crippen LogP contribution is 2.34. The molecule has 0 radical (unpaired) electrons. The van der Waals surface area contributed by atoms with Crippen LogP contribution in [-0.4, -0.2) is 30.1 Å². The number of ether oxygens (including phenoxy) is 2. The molecule has 26 heavy (non-hydrogen) atoms. The lowest BCUT2D eigenvalue weighted by Gasteiger charge is -2.19. The van der Waals surface area contributed by atoms with Gasteiger partial charge >= 0.3 is 0 Å². The molecule has 3 rings (SSSR count). The molecule has 0 saturated heterocycles. The van der Waals surface area contributed by atoms with E-state index in [9.17, 15) is 4.79 Å². The Kier molecular flexibility index (Phi) is 6.83. The predicted octanol–water partition coefficient (Wildman–Crippen LogP) is 3.25. The second-order valence-corrected chi connectivity index (χ2v) is 6.17. The molecule has 1 aromatic heterocycles. The van der Waals surface area contributed by atoms with Gasteiger partial charge < -0.3 is 20.5 Å². The molecule has 7 heteroatoms. The quantitative estimate of drug-likeness (QED) is 0.835. The summed E-state index contributed by atoms with van der Waals surface area (Å²) in [5.41, 5.74) is 7.61. The summed E-state index contributed by atoms with van der Waals surface area (Å²) < 4.78 is 11.1. The third kappa shape index (κ3) is 4.45. The van der Waals surface area contributed by atoms with E-state index in [1.165, 1.54) is 0 Å². The van der Waals surface area contributed by atoms with Gasteiger partial charge in [0.05, 0.1) is 11.7 Å². The summed E-state index contributed by atoms with van der Waals surface area (Å²) in [6.07, 6.45) is 0.846. The minimum Gasteiger partial charge on any atom is -0.486 e. The van der Waals surface area contributed by atoms with Gasteiger partial charge in [-0.2, -0.15) is 0 Å². The van der Waals surface area contributed by atoms with Gasteiger partial charge in [-0.25, -0.2) is 4.98 Å². The molecule has 2 unspecified atom stereocenters. The topological polar surface area (TPSA) is 86.5 Å². The summed E-state index contributed by atoms with van der Waals surface area (Å²) in [5.74, 6) is 1.82. The van der Waals surface area contributed by atoms with E-state index in [1.54, 1.807) is 6.07 Å². The highest BCUT2D eigenvalue weighted by molar-refractivity contribution is 5.94. The van der Waals surface area contributed by atoms with E-state index in [1.807, 2.05) is 44.2 Å². The largest absolute Gasteiger partial charge is 0.486 e. The van der Waals surface area contributed by atoms with Crippen LogP contribution in [0.1, 0.15) is 20.3 Å². The highest BCUT2D eigenvalue weighted by Gasteiger charge is 2.20. The lowest BCUT2D eigenvalue weighted by Crippen LogP contribution is -2.40. The Hall–Kier alpha value is -2.31. The van der Waals surface area contributed by atoms with Crippen LogP contribution in [0.25, 0.3) is 11.3 Å². The van der Waals surface area contributed by atoms with Crippen molar-refractivity contribution in [3.8, 4) is 22.8 Å². The van der Waals surface area contributed by atoms with Gasteiger partial charge in [-0.05, 0) is 36.2 Å². The van der Waals surface area contributed by atoms with Crippen LogP contribution in [-0.2, 0) is 4.79 Å². The number of benzene rings is 1. The van der Waals surface area contributed by atoms with Gasteiger partial charge in [-0.1, -0.05) is 26.3 Å². The van der Waals surface area contributed by atoms with Crippen LogP contribution < -0.4 is 20.5 Å². The van der Waals surface area contributed by atoms with Crippen molar-refractivity contribution in [3.63, 3.8) is 0 Å². The Bertz CT molecular complexity index is 769. The summed E-state index contributed by atoms with van der Waals surface area (Å²) in [4.78, 5) is 16.8. The molecule has 1 aliphatic rings. The lowest BCUT2D eigenvalue weighted by atomic mass is 9.99. The van der Waals surface area contributed by atoms with Gasteiger partial charge in [0.15, 0.2) is 11.5 Å². The first-order valence-corrected chi connectivity index (χ1v) is 8.52. The van der Waals surface area contributed by atoms with Gasteiger partial charge in [0.1, 0.15) is 19.0 Å². The fourth-order valence-corrected chi connectivity index (χ4v) is 2.59. The number of carbonyl (C=O) groups is 1. The number of amides is 1. The van der Waals surface area contributed by atoms with E-state index in [-0.39, 0.29) is 24.2 Å². The lowest BCUT2D eigenvalue weighted by molar-refractivity contribution is -0.118. The van der Waals surface area contributed by atoms with Crippen LogP contribution in [0.5, 0.6) is 11.5 Å². The van der Waals surface area contributed by atoms with E-state index < -0.39 is 6.04 Å². The number of pyridine rings is 1. The fraction of sp³-hybridized carbons (Fsp3) is 0.368. The molecule has 1 aromatic carbocycles. The van der Waals surface area contributed by atoms with E-state index in [0.29, 0.717) is 24.8 Å². The molecule has 0 saturated carbocycles. The molecule has 3 N–H and O–H groups in total. The summed E-state index contributed by atoms with van der Waals surface area (Å²) in [6.45, 7) is 5.07. The molecule has 2 aromatic rings. The van der Waals surface area contributed by atoms with Crippen molar-refractivity contribution >= 4 is 24.1 Å². The van der Waals surface area contributed by atoms with Crippen molar-refractivity contribution < 1.29 is 14.3 Å². The molecular weight excluding hydrogens is 354 g/mol. The average molecular weight is 378 g/mol. The Morgan fingerprint density at radius 1 is 1.23 bits per heavy atom. The number of nitrogens with two attached hydrogens (primary N) is 1. The van der Waals surface area contributed by atoms with Crippen molar-refractivity contribution in [2.24, 2.45) is 11.7 Å². The first-order chi connectivity index (χ1) is 12.1. The summed E-state index contributed by atoms with van der Waals surface area (Å²) in [7, 11) is 0. The minimum absolute atomic E-state index is 0. The molecule has 1 aliphatic heterocycles. The van der Waals surface area contributed by atoms with Gasteiger partial charge in [0, 0.05) is 5.56 Å². The van der Waals surface area contributed by atoms with Crippen molar-refractivity contribution in [3.05, 3.63) is 36.4 Å². The number of carbonyl (C=O) groups excluding carboxylic acids is 1. The van der Waals surface area contributed by atoms with Gasteiger partial charge in [0.25, 0.3) is 0 Å². The summed E-state index contributed by atoms with van der Waals surface area (Å²) in [6, 6.07) is 10.6. The van der Waals surface area contributed by atoms with Crippen molar-refractivity contribution in [2.45, 2.75) is 26.3 Å². The average Bonchev–Trinajstić information content (AvgIpc) is 2.66. The number of nitrogens with zero attached hydrogens (tertiary/aromatic N) is 1. The summed E-state index contributed by atoms with van der Waals surface area (Å²) in [5, 5.41) is 2.80. The summed E-state index contributed by atoms with van der Waals surface area (Å²) >= 11 is 0. The standard InChI is InChI=1S/C19H23N3O3.ClH/c1-3-12(2)18(20)19(23)22-17-6-4-5-14(21-17)13-7-8-15-16(11-13)25-10-9-24-15;/h4-8,11-12,18H,3,9-10,20H2,1-2H3,(H,21,22,23);1H. The highest BCUT2D eigenvalue weighted by atomic mass is 35.5. The third-order valence-corrected chi connectivity index (χ3v) is 4.40. The minimum atomic E-state index is -0.551. The predicted molar refractivity (Wildman–Crippen MR) is 104 cm³/mol. The molecule has 0 spiro atoms. The zero-order chi connectivity index (χ0) is 17.8.